The molecule has 0 amide bonds. The lowest BCUT2D eigenvalue weighted by Gasteiger charge is -2.35. The third-order valence-corrected chi connectivity index (χ3v) is 3.00. The molecule has 1 aliphatic rings. The maximum atomic E-state index is 5.90. The first kappa shape index (κ1) is 10.5. The van der Waals surface area contributed by atoms with E-state index in [9.17, 15) is 0 Å². The Kier molecular flexibility index (Phi) is 2.96. The summed E-state index contributed by atoms with van der Waals surface area (Å²) in [4.78, 5) is 0. The van der Waals surface area contributed by atoms with Crippen LogP contribution in [-0.2, 0) is 0 Å². The molecule has 1 aromatic rings. The van der Waals surface area contributed by atoms with Gasteiger partial charge in [0.1, 0.15) is 11.9 Å². The maximum absolute atomic E-state index is 5.90. The van der Waals surface area contributed by atoms with Crippen molar-refractivity contribution in [3.8, 4) is 5.75 Å². The summed E-state index contributed by atoms with van der Waals surface area (Å²) in [6.45, 7) is 4.22. The van der Waals surface area contributed by atoms with Crippen LogP contribution < -0.4 is 10.1 Å². The molecule has 1 aromatic carbocycles. The van der Waals surface area contributed by atoms with Crippen LogP contribution >= 0.6 is 0 Å². The highest BCUT2D eigenvalue weighted by Crippen LogP contribution is 2.26. The number of aryl methyl sites for hydroxylation is 2. The number of hydrogen-bond donors (Lipinski definition) is 1. The minimum atomic E-state index is 0.406. The quantitative estimate of drug-likeness (QED) is 0.818. The van der Waals surface area contributed by atoms with E-state index < -0.39 is 0 Å². The van der Waals surface area contributed by atoms with Crippen molar-refractivity contribution < 1.29 is 4.74 Å². The second-order valence-electron chi connectivity index (χ2n) is 4.52. The van der Waals surface area contributed by atoms with Crippen molar-refractivity contribution in [1.29, 1.82) is 0 Å². The molecule has 1 fully saturated rings. The monoisotopic (exact) mass is 205 g/mol. The first-order chi connectivity index (χ1) is 7.17. The largest absolute Gasteiger partial charge is 0.490 e. The fourth-order valence-corrected chi connectivity index (χ4v) is 2.09. The summed E-state index contributed by atoms with van der Waals surface area (Å²) in [6, 6.07) is 7.05. The van der Waals surface area contributed by atoms with Crippen molar-refractivity contribution in [2.24, 2.45) is 0 Å². The Balaban J connectivity index is 1.94. The molecule has 0 aliphatic heterocycles. The Labute approximate surface area is 91.6 Å². The van der Waals surface area contributed by atoms with Gasteiger partial charge in [0.05, 0.1) is 0 Å². The lowest BCUT2D eigenvalue weighted by molar-refractivity contribution is 0.0884. The van der Waals surface area contributed by atoms with E-state index in [-0.39, 0.29) is 0 Å². The smallest absolute Gasteiger partial charge is 0.120 e. The SMILES string of the molecule is CN[C@H]1C[C@@H](Oc2cc(C)cc(C)c2)C1. The van der Waals surface area contributed by atoms with E-state index in [0.717, 1.165) is 18.6 Å². The third-order valence-electron chi connectivity index (χ3n) is 3.00. The Hall–Kier alpha value is -1.02. The lowest BCUT2D eigenvalue weighted by Crippen LogP contribution is -2.45. The van der Waals surface area contributed by atoms with Crippen LogP contribution in [0.15, 0.2) is 18.2 Å². The molecule has 0 radical (unpaired) electrons. The number of benzene rings is 1. The van der Waals surface area contributed by atoms with E-state index in [0.29, 0.717) is 12.1 Å². The molecule has 0 spiro atoms. The highest BCUT2D eigenvalue weighted by molar-refractivity contribution is 5.33. The molecule has 2 rings (SSSR count). The highest BCUT2D eigenvalue weighted by atomic mass is 16.5. The van der Waals surface area contributed by atoms with Gasteiger partial charge in [0.15, 0.2) is 0 Å². The van der Waals surface area contributed by atoms with E-state index in [4.69, 9.17) is 4.74 Å². The van der Waals surface area contributed by atoms with Crippen molar-refractivity contribution in [3.05, 3.63) is 29.3 Å². The number of hydrogen-bond acceptors (Lipinski definition) is 2. The number of nitrogens with one attached hydrogen (secondary N) is 1. The molecule has 2 nitrogen and oxygen atoms in total. The molecule has 0 saturated heterocycles. The van der Waals surface area contributed by atoms with Crippen molar-refractivity contribution >= 4 is 0 Å². The minimum absolute atomic E-state index is 0.406. The van der Waals surface area contributed by atoms with Gasteiger partial charge < -0.3 is 10.1 Å². The Morgan fingerprint density at radius 3 is 2.27 bits per heavy atom. The molecule has 1 aliphatic carbocycles. The summed E-state index contributed by atoms with van der Waals surface area (Å²) in [5.74, 6) is 1.02. The van der Waals surface area contributed by atoms with Gasteiger partial charge >= 0.3 is 0 Å². The molecule has 0 atom stereocenters. The van der Waals surface area contributed by atoms with E-state index in [2.05, 4.69) is 37.4 Å². The van der Waals surface area contributed by atoms with Gasteiger partial charge in [0.25, 0.3) is 0 Å². The van der Waals surface area contributed by atoms with Crippen molar-refractivity contribution in [3.63, 3.8) is 0 Å². The normalized spacial score (nSPS) is 24.7. The number of ether oxygens (including phenoxy) is 1. The van der Waals surface area contributed by atoms with E-state index >= 15 is 0 Å². The van der Waals surface area contributed by atoms with Crippen LogP contribution in [-0.4, -0.2) is 19.2 Å². The predicted molar refractivity (Wildman–Crippen MR) is 62.4 cm³/mol. The van der Waals surface area contributed by atoms with Gasteiger partial charge in [-0.15, -0.1) is 0 Å². The molecular formula is C13H19NO. The van der Waals surface area contributed by atoms with Gasteiger partial charge in [-0.05, 0) is 57.0 Å². The zero-order chi connectivity index (χ0) is 10.8. The molecule has 15 heavy (non-hydrogen) atoms. The van der Waals surface area contributed by atoms with Crippen molar-refractivity contribution in [2.45, 2.75) is 38.8 Å². The molecular weight excluding hydrogens is 186 g/mol. The van der Waals surface area contributed by atoms with Crippen LogP contribution in [0, 0.1) is 13.8 Å². The van der Waals surface area contributed by atoms with Crippen molar-refractivity contribution in [2.75, 3.05) is 7.05 Å². The summed E-state index contributed by atoms with van der Waals surface area (Å²) in [7, 11) is 2.01. The average Bonchev–Trinajstić information content (AvgIpc) is 2.08. The zero-order valence-corrected chi connectivity index (χ0v) is 9.71. The van der Waals surface area contributed by atoms with E-state index in [1.54, 1.807) is 0 Å². The van der Waals surface area contributed by atoms with Gasteiger partial charge in [-0.2, -0.15) is 0 Å². The molecule has 82 valence electrons. The fourth-order valence-electron chi connectivity index (χ4n) is 2.09. The molecule has 0 heterocycles. The summed E-state index contributed by atoms with van der Waals surface area (Å²) >= 11 is 0. The van der Waals surface area contributed by atoms with Crippen LogP contribution in [0.3, 0.4) is 0 Å². The van der Waals surface area contributed by atoms with E-state index in [1.807, 2.05) is 7.05 Å². The zero-order valence-electron chi connectivity index (χ0n) is 9.71. The van der Waals surface area contributed by atoms with Gasteiger partial charge in [0, 0.05) is 6.04 Å². The van der Waals surface area contributed by atoms with Crippen LogP contribution in [0.25, 0.3) is 0 Å². The predicted octanol–water partition coefficient (Wildman–Crippen LogP) is 2.43. The molecule has 0 unspecified atom stereocenters. The number of rotatable bonds is 3. The van der Waals surface area contributed by atoms with Gasteiger partial charge in [-0.25, -0.2) is 0 Å². The van der Waals surface area contributed by atoms with Crippen LogP contribution in [0.5, 0.6) is 5.75 Å². The first-order valence-corrected chi connectivity index (χ1v) is 5.59. The van der Waals surface area contributed by atoms with Crippen LogP contribution in [0.1, 0.15) is 24.0 Å². The summed E-state index contributed by atoms with van der Waals surface area (Å²) in [5, 5.41) is 3.26. The van der Waals surface area contributed by atoms with E-state index in [1.165, 1.54) is 11.1 Å². The maximum Gasteiger partial charge on any atom is 0.120 e. The molecule has 0 aromatic heterocycles. The summed E-state index contributed by atoms with van der Waals surface area (Å²) < 4.78 is 5.90. The lowest BCUT2D eigenvalue weighted by atomic mass is 9.89. The summed E-state index contributed by atoms with van der Waals surface area (Å²) in [6.07, 6.45) is 2.66. The average molecular weight is 205 g/mol. The molecule has 1 N–H and O–H groups in total. The Morgan fingerprint density at radius 1 is 1.13 bits per heavy atom. The van der Waals surface area contributed by atoms with Crippen molar-refractivity contribution in [1.82, 2.24) is 5.32 Å². The molecule has 1 saturated carbocycles. The second-order valence-corrected chi connectivity index (χ2v) is 4.52. The minimum Gasteiger partial charge on any atom is -0.490 e. The molecule has 2 heteroatoms. The van der Waals surface area contributed by atoms with Gasteiger partial charge in [-0.3, -0.25) is 0 Å². The standard InChI is InChI=1S/C13H19NO/c1-9-4-10(2)6-12(5-9)15-13-7-11(8-13)14-3/h4-6,11,13-14H,7-8H2,1-3H3/t11-,13+. The first-order valence-electron chi connectivity index (χ1n) is 5.59. The van der Waals surface area contributed by atoms with Gasteiger partial charge in [-0.1, -0.05) is 6.07 Å². The topological polar surface area (TPSA) is 21.3 Å². The Bertz CT molecular complexity index is 322. The molecule has 0 bridgehead atoms. The second kappa shape index (κ2) is 4.23. The van der Waals surface area contributed by atoms with Crippen LogP contribution in [0.4, 0.5) is 0 Å². The Morgan fingerprint density at radius 2 is 1.73 bits per heavy atom. The van der Waals surface area contributed by atoms with Gasteiger partial charge in [0.2, 0.25) is 0 Å². The van der Waals surface area contributed by atoms with Crippen LogP contribution in [0.2, 0.25) is 0 Å². The summed E-state index contributed by atoms with van der Waals surface area (Å²) in [5.41, 5.74) is 2.55. The fraction of sp³-hybridized carbons (Fsp3) is 0.538. The third kappa shape index (κ3) is 2.51. The highest BCUT2D eigenvalue weighted by Gasteiger charge is 2.29.